The molecule has 0 saturated carbocycles. The van der Waals surface area contributed by atoms with Gasteiger partial charge >= 0.3 is 5.97 Å². The standard InChI is InChI=1S/C21H24N2O4/c1-3-16-9-5-7-11-18(16)23-19(24)12-13-21(26)27-14-20(25)22-17-10-6-4-8-15(17)2/h4-11H,3,12-14H2,1-2H3,(H,22,25)(H,23,24). The summed E-state index contributed by atoms with van der Waals surface area (Å²) in [6, 6.07) is 14.8. The number of para-hydroxylation sites is 2. The van der Waals surface area contributed by atoms with Gasteiger partial charge in [0.1, 0.15) is 0 Å². The van der Waals surface area contributed by atoms with Crippen LogP contribution in [0.1, 0.15) is 30.9 Å². The van der Waals surface area contributed by atoms with E-state index in [1.807, 2.05) is 56.3 Å². The minimum atomic E-state index is -0.589. The van der Waals surface area contributed by atoms with Crippen molar-refractivity contribution in [2.24, 2.45) is 0 Å². The summed E-state index contributed by atoms with van der Waals surface area (Å²) in [5.74, 6) is -1.27. The first-order valence-corrected chi connectivity index (χ1v) is 8.88. The average molecular weight is 368 g/mol. The molecule has 6 nitrogen and oxygen atoms in total. The Kier molecular flexibility index (Phi) is 7.55. The number of esters is 1. The van der Waals surface area contributed by atoms with Crippen LogP contribution < -0.4 is 10.6 Å². The van der Waals surface area contributed by atoms with Gasteiger partial charge in [-0.2, -0.15) is 0 Å². The summed E-state index contributed by atoms with van der Waals surface area (Å²) in [5.41, 5.74) is 3.37. The van der Waals surface area contributed by atoms with E-state index < -0.39 is 11.9 Å². The van der Waals surface area contributed by atoms with E-state index in [0.717, 1.165) is 23.2 Å². The molecular weight excluding hydrogens is 344 g/mol. The van der Waals surface area contributed by atoms with E-state index in [1.165, 1.54) is 0 Å². The fourth-order valence-corrected chi connectivity index (χ4v) is 2.50. The van der Waals surface area contributed by atoms with Crippen LogP contribution in [0.5, 0.6) is 0 Å². The van der Waals surface area contributed by atoms with Gasteiger partial charge in [-0.3, -0.25) is 14.4 Å². The number of anilines is 2. The third-order valence-electron chi connectivity index (χ3n) is 4.01. The van der Waals surface area contributed by atoms with E-state index in [4.69, 9.17) is 4.74 Å². The van der Waals surface area contributed by atoms with Crippen LogP contribution in [-0.4, -0.2) is 24.4 Å². The summed E-state index contributed by atoms with van der Waals surface area (Å²) in [7, 11) is 0. The summed E-state index contributed by atoms with van der Waals surface area (Å²) < 4.78 is 4.93. The number of carbonyl (C=O) groups is 3. The van der Waals surface area contributed by atoms with Gasteiger partial charge in [0.05, 0.1) is 6.42 Å². The molecule has 0 radical (unpaired) electrons. The molecule has 0 saturated heterocycles. The Morgan fingerprint density at radius 1 is 0.852 bits per heavy atom. The Morgan fingerprint density at radius 3 is 2.19 bits per heavy atom. The number of nitrogens with one attached hydrogen (secondary N) is 2. The van der Waals surface area contributed by atoms with Gasteiger partial charge in [-0.1, -0.05) is 43.3 Å². The normalized spacial score (nSPS) is 10.1. The highest BCUT2D eigenvalue weighted by Crippen LogP contribution is 2.16. The van der Waals surface area contributed by atoms with Crippen LogP contribution in [0.2, 0.25) is 0 Å². The minimum absolute atomic E-state index is 0.00368. The molecule has 0 aromatic heterocycles. The van der Waals surface area contributed by atoms with E-state index in [0.29, 0.717) is 5.69 Å². The number of ether oxygens (including phenoxy) is 1. The van der Waals surface area contributed by atoms with E-state index in [9.17, 15) is 14.4 Å². The van der Waals surface area contributed by atoms with Crippen LogP contribution in [0, 0.1) is 6.92 Å². The maximum absolute atomic E-state index is 12.0. The molecule has 2 aromatic rings. The molecule has 0 bridgehead atoms. The minimum Gasteiger partial charge on any atom is -0.456 e. The maximum atomic E-state index is 12.0. The number of carbonyl (C=O) groups excluding carboxylic acids is 3. The molecule has 0 aliphatic rings. The van der Waals surface area contributed by atoms with Crippen LogP contribution in [0.3, 0.4) is 0 Å². The molecule has 0 fully saturated rings. The SMILES string of the molecule is CCc1ccccc1NC(=O)CCC(=O)OCC(=O)Nc1ccccc1C. The Hall–Kier alpha value is -3.15. The molecule has 0 spiro atoms. The van der Waals surface area contributed by atoms with Crippen molar-refractivity contribution in [1.29, 1.82) is 0 Å². The number of rotatable bonds is 8. The first-order valence-electron chi connectivity index (χ1n) is 8.88. The third kappa shape index (κ3) is 6.58. The van der Waals surface area contributed by atoms with Crippen LogP contribution in [0.25, 0.3) is 0 Å². The van der Waals surface area contributed by atoms with E-state index >= 15 is 0 Å². The molecule has 6 heteroatoms. The number of hydrogen-bond acceptors (Lipinski definition) is 4. The van der Waals surface area contributed by atoms with Crippen molar-refractivity contribution in [3.05, 3.63) is 59.7 Å². The Bertz CT molecular complexity index is 817. The summed E-state index contributed by atoms with van der Waals surface area (Å²) in [5, 5.41) is 5.47. The Morgan fingerprint density at radius 2 is 1.48 bits per heavy atom. The summed E-state index contributed by atoms with van der Waals surface area (Å²) >= 11 is 0. The van der Waals surface area contributed by atoms with Crippen molar-refractivity contribution < 1.29 is 19.1 Å². The van der Waals surface area contributed by atoms with Gasteiger partial charge < -0.3 is 15.4 Å². The average Bonchev–Trinajstić information content (AvgIpc) is 2.67. The van der Waals surface area contributed by atoms with Gasteiger partial charge in [-0.25, -0.2) is 0 Å². The molecule has 2 amide bonds. The van der Waals surface area contributed by atoms with Crippen molar-refractivity contribution in [3.63, 3.8) is 0 Å². The number of aryl methyl sites for hydroxylation is 2. The molecule has 0 aliphatic heterocycles. The summed E-state index contributed by atoms with van der Waals surface area (Å²) in [6.45, 7) is 3.49. The molecule has 0 heterocycles. The lowest BCUT2D eigenvalue weighted by Gasteiger charge is -2.10. The van der Waals surface area contributed by atoms with E-state index in [2.05, 4.69) is 10.6 Å². The van der Waals surface area contributed by atoms with Gasteiger partial charge in [0.2, 0.25) is 5.91 Å². The zero-order chi connectivity index (χ0) is 19.6. The van der Waals surface area contributed by atoms with E-state index in [-0.39, 0.29) is 25.4 Å². The highest BCUT2D eigenvalue weighted by atomic mass is 16.5. The van der Waals surface area contributed by atoms with Crippen molar-refractivity contribution in [3.8, 4) is 0 Å². The largest absolute Gasteiger partial charge is 0.456 e. The first kappa shape index (κ1) is 20.2. The lowest BCUT2D eigenvalue weighted by Crippen LogP contribution is -2.22. The fourth-order valence-electron chi connectivity index (χ4n) is 2.50. The molecule has 27 heavy (non-hydrogen) atoms. The number of benzene rings is 2. The van der Waals surface area contributed by atoms with Gasteiger partial charge in [-0.15, -0.1) is 0 Å². The highest BCUT2D eigenvalue weighted by Gasteiger charge is 2.12. The molecule has 2 rings (SSSR count). The monoisotopic (exact) mass is 368 g/mol. The van der Waals surface area contributed by atoms with Crippen LogP contribution in [0.15, 0.2) is 48.5 Å². The highest BCUT2D eigenvalue weighted by molar-refractivity contribution is 5.95. The lowest BCUT2D eigenvalue weighted by atomic mass is 10.1. The van der Waals surface area contributed by atoms with Gasteiger partial charge in [0.25, 0.3) is 5.91 Å². The van der Waals surface area contributed by atoms with Gasteiger partial charge in [-0.05, 0) is 36.6 Å². The molecular formula is C21H24N2O4. The number of hydrogen-bond donors (Lipinski definition) is 2. The van der Waals surface area contributed by atoms with Gasteiger partial charge in [0.15, 0.2) is 6.61 Å². The van der Waals surface area contributed by atoms with Crippen LogP contribution in [-0.2, 0) is 25.5 Å². The summed E-state index contributed by atoms with van der Waals surface area (Å²) in [6.07, 6.45) is 0.711. The first-order chi connectivity index (χ1) is 13.0. The van der Waals surface area contributed by atoms with Crippen LogP contribution in [0.4, 0.5) is 11.4 Å². The Balaban J connectivity index is 1.72. The molecule has 0 aliphatic carbocycles. The van der Waals surface area contributed by atoms with E-state index in [1.54, 1.807) is 6.07 Å². The second-order valence-electron chi connectivity index (χ2n) is 6.08. The maximum Gasteiger partial charge on any atom is 0.306 e. The molecule has 0 atom stereocenters. The number of amides is 2. The van der Waals surface area contributed by atoms with Gasteiger partial charge in [0, 0.05) is 17.8 Å². The Labute approximate surface area is 158 Å². The molecule has 2 aromatic carbocycles. The molecule has 2 N–H and O–H groups in total. The topological polar surface area (TPSA) is 84.5 Å². The van der Waals surface area contributed by atoms with Crippen molar-refractivity contribution in [2.75, 3.05) is 17.2 Å². The molecule has 142 valence electrons. The second kappa shape index (κ2) is 10.1. The second-order valence-corrected chi connectivity index (χ2v) is 6.08. The quantitative estimate of drug-likeness (QED) is 0.699. The lowest BCUT2D eigenvalue weighted by molar-refractivity contribution is -0.147. The third-order valence-corrected chi connectivity index (χ3v) is 4.01. The zero-order valence-electron chi connectivity index (χ0n) is 15.6. The van der Waals surface area contributed by atoms with Crippen molar-refractivity contribution in [2.45, 2.75) is 33.1 Å². The zero-order valence-corrected chi connectivity index (χ0v) is 15.6. The molecule has 0 unspecified atom stereocenters. The fraction of sp³-hybridized carbons (Fsp3) is 0.286. The van der Waals surface area contributed by atoms with Crippen molar-refractivity contribution >= 4 is 29.2 Å². The predicted octanol–water partition coefficient (Wildman–Crippen LogP) is 3.46. The smallest absolute Gasteiger partial charge is 0.306 e. The van der Waals surface area contributed by atoms with Crippen molar-refractivity contribution in [1.82, 2.24) is 0 Å². The van der Waals surface area contributed by atoms with Crippen LogP contribution >= 0.6 is 0 Å². The predicted molar refractivity (Wildman–Crippen MR) is 104 cm³/mol. The summed E-state index contributed by atoms with van der Waals surface area (Å²) in [4.78, 5) is 35.6.